The third-order valence-corrected chi connectivity index (χ3v) is 4.69. The predicted molar refractivity (Wildman–Crippen MR) is 80.2 cm³/mol. The lowest BCUT2D eigenvalue weighted by atomic mass is 10.2. The second kappa shape index (κ2) is 6.61. The molecule has 0 aliphatic rings. The van der Waals surface area contributed by atoms with Crippen molar-refractivity contribution in [2.45, 2.75) is 4.90 Å². The van der Waals surface area contributed by atoms with Crippen LogP contribution in [-0.4, -0.2) is 20.8 Å². The molecule has 0 aliphatic carbocycles. The van der Waals surface area contributed by atoms with Crippen molar-refractivity contribution in [1.82, 2.24) is 0 Å². The van der Waals surface area contributed by atoms with Crippen LogP contribution >= 0.6 is 11.6 Å². The van der Waals surface area contributed by atoms with Crippen LogP contribution in [0, 0.1) is 11.3 Å². The highest BCUT2D eigenvalue weighted by molar-refractivity contribution is 7.91. The topological polar surface area (TPSA) is 67.2 Å². The molecule has 0 atom stereocenters. The summed E-state index contributed by atoms with van der Waals surface area (Å²) in [6.07, 6.45) is 0. The molecule has 0 unspecified atom stereocenters. The van der Waals surface area contributed by atoms with Crippen molar-refractivity contribution >= 4 is 21.4 Å². The molecule has 0 saturated heterocycles. The Hall–Kier alpha value is -2.03. The zero-order valence-corrected chi connectivity index (χ0v) is 12.6. The number of hydrogen-bond donors (Lipinski definition) is 0. The van der Waals surface area contributed by atoms with E-state index in [1.807, 2.05) is 6.07 Å². The maximum Gasteiger partial charge on any atom is 0.181 e. The SMILES string of the molecule is N#Cc1ccc(S(=O)(=O)CCOc2cccc(Cl)c2)cc1. The molecule has 2 rings (SSSR count). The van der Waals surface area contributed by atoms with Crippen molar-refractivity contribution in [3.8, 4) is 11.8 Å². The van der Waals surface area contributed by atoms with E-state index in [0.717, 1.165) is 0 Å². The summed E-state index contributed by atoms with van der Waals surface area (Å²) in [6.45, 7) is 0.0304. The Kier molecular flexibility index (Phi) is 4.84. The fourth-order valence-corrected chi connectivity index (χ4v) is 2.95. The third-order valence-electron chi connectivity index (χ3n) is 2.76. The summed E-state index contributed by atoms with van der Waals surface area (Å²) < 4.78 is 29.6. The minimum Gasteiger partial charge on any atom is -0.492 e. The molecule has 0 amide bonds. The van der Waals surface area contributed by atoms with Crippen LogP contribution in [-0.2, 0) is 9.84 Å². The first kappa shape index (κ1) is 15.4. The van der Waals surface area contributed by atoms with Gasteiger partial charge < -0.3 is 4.74 Å². The van der Waals surface area contributed by atoms with E-state index in [9.17, 15) is 8.42 Å². The average Bonchev–Trinajstić information content (AvgIpc) is 2.47. The van der Waals surface area contributed by atoms with Gasteiger partial charge in [-0.25, -0.2) is 8.42 Å². The van der Waals surface area contributed by atoms with Crippen molar-refractivity contribution in [3.05, 3.63) is 59.1 Å². The van der Waals surface area contributed by atoms with Gasteiger partial charge in [0.25, 0.3) is 0 Å². The summed E-state index contributed by atoms with van der Waals surface area (Å²) in [6, 6.07) is 14.5. The van der Waals surface area contributed by atoms with E-state index in [1.54, 1.807) is 24.3 Å². The molecule has 0 heterocycles. The summed E-state index contributed by atoms with van der Waals surface area (Å²) in [5.41, 5.74) is 0.420. The van der Waals surface area contributed by atoms with Crippen LogP contribution in [0.15, 0.2) is 53.4 Å². The molecule has 6 heteroatoms. The van der Waals surface area contributed by atoms with Crippen LogP contribution in [0.4, 0.5) is 0 Å². The summed E-state index contributed by atoms with van der Waals surface area (Å²) in [7, 11) is -3.43. The Bertz CT molecular complexity index is 764. The molecule has 21 heavy (non-hydrogen) atoms. The molecule has 0 saturated carbocycles. The molecule has 0 aliphatic heterocycles. The Morgan fingerprint density at radius 1 is 1.14 bits per heavy atom. The first-order chi connectivity index (χ1) is 10.0. The van der Waals surface area contributed by atoms with Gasteiger partial charge in [0, 0.05) is 5.02 Å². The molecule has 0 aromatic heterocycles. The number of nitrogens with zero attached hydrogens (tertiary/aromatic N) is 1. The normalized spacial score (nSPS) is 10.9. The van der Waals surface area contributed by atoms with E-state index in [4.69, 9.17) is 21.6 Å². The first-order valence-corrected chi connectivity index (χ1v) is 8.15. The van der Waals surface area contributed by atoms with E-state index in [-0.39, 0.29) is 17.3 Å². The predicted octanol–water partition coefficient (Wildman–Crippen LogP) is 3.06. The van der Waals surface area contributed by atoms with Crippen LogP contribution in [0.1, 0.15) is 5.56 Å². The number of nitriles is 1. The van der Waals surface area contributed by atoms with Crippen molar-refractivity contribution in [3.63, 3.8) is 0 Å². The van der Waals surface area contributed by atoms with Crippen molar-refractivity contribution < 1.29 is 13.2 Å². The van der Waals surface area contributed by atoms with Gasteiger partial charge in [0.1, 0.15) is 12.4 Å². The highest BCUT2D eigenvalue weighted by Gasteiger charge is 2.14. The van der Waals surface area contributed by atoms with Crippen molar-refractivity contribution in [2.75, 3.05) is 12.4 Å². The number of ether oxygens (including phenoxy) is 1. The maximum atomic E-state index is 12.1. The molecular formula is C15H12ClNO3S. The molecule has 108 valence electrons. The van der Waals surface area contributed by atoms with Crippen LogP contribution in [0.5, 0.6) is 5.75 Å². The van der Waals surface area contributed by atoms with E-state index in [2.05, 4.69) is 0 Å². The Labute approximate surface area is 128 Å². The highest BCUT2D eigenvalue weighted by Crippen LogP contribution is 2.18. The number of rotatable bonds is 5. The van der Waals surface area contributed by atoms with Crippen molar-refractivity contribution in [1.29, 1.82) is 5.26 Å². The summed E-state index contributed by atoms with van der Waals surface area (Å²) in [5, 5.41) is 9.22. The third kappa shape index (κ3) is 4.22. The molecule has 0 spiro atoms. The molecule has 0 fully saturated rings. The van der Waals surface area contributed by atoms with E-state index >= 15 is 0 Å². The Balaban J connectivity index is 1.99. The van der Waals surface area contributed by atoms with Crippen LogP contribution in [0.25, 0.3) is 0 Å². The second-order valence-corrected chi connectivity index (χ2v) is 6.81. The van der Waals surface area contributed by atoms with Gasteiger partial charge >= 0.3 is 0 Å². The molecule has 2 aromatic rings. The standard InChI is InChI=1S/C15H12ClNO3S/c16-13-2-1-3-14(10-13)20-8-9-21(18,19)15-6-4-12(11-17)5-7-15/h1-7,10H,8-9H2. The summed E-state index contributed by atoms with van der Waals surface area (Å²) in [5.74, 6) is 0.378. The van der Waals surface area contributed by atoms with Gasteiger partial charge in [0.05, 0.1) is 22.3 Å². The van der Waals surface area contributed by atoms with Crippen LogP contribution in [0.3, 0.4) is 0 Å². The van der Waals surface area contributed by atoms with Crippen molar-refractivity contribution in [2.24, 2.45) is 0 Å². The Morgan fingerprint density at radius 2 is 1.86 bits per heavy atom. The number of halogens is 1. The number of benzene rings is 2. The first-order valence-electron chi connectivity index (χ1n) is 6.12. The zero-order chi connectivity index (χ0) is 15.3. The van der Waals surface area contributed by atoms with Gasteiger partial charge in [-0.3, -0.25) is 0 Å². The lowest BCUT2D eigenvalue weighted by Gasteiger charge is -2.07. The number of sulfone groups is 1. The van der Waals surface area contributed by atoms with Gasteiger partial charge in [0.2, 0.25) is 0 Å². The monoisotopic (exact) mass is 321 g/mol. The molecule has 4 nitrogen and oxygen atoms in total. The minimum atomic E-state index is -3.43. The quantitative estimate of drug-likeness (QED) is 0.848. The van der Waals surface area contributed by atoms with Crippen LogP contribution < -0.4 is 4.74 Å². The molecule has 0 N–H and O–H groups in total. The largest absolute Gasteiger partial charge is 0.492 e. The van der Waals surface area contributed by atoms with Gasteiger partial charge in [-0.05, 0) is 42.5 Å². The van der Waals surface area contributed by atoms with E-state index in [0.29, 0.717) is 16.3 Å². The lowest BCUT2D eigenvalue weighted by molar-refractivity contribution is 0.341. The maximum absolute atomic E-state index is 12.1. The average molecular weight is 322 g/mol. The molecule has 2 aromatic carbocycles. The fourth-order valence-electron chi connectivity index (χ4n) is 1.68. The smallest absolute Gasteiger partial charge is 0.181 e. The summed E-state index contributed by atoms with van der Waals surface area (Å²) in [4.78, 5) is 0.177. The second-order valence-electron chi connectivity index (χ2n) is 4.26. The highest BCUT2D eigenvalue weighted by atomic mass is 35.5. The van der Waals surface area contributed by atoms with Gasteiger partial charge in [0.15, 0.2) is 9.84 Å². The van der Waals surface area contributed by atoms with Gasteiger partial charge in [-0.15, -0.1) is 0 Å². The molecular weight excluding hydrogens is 310 g/mol. The molecule has 0 bridgehead atoms. The minimum absolute atomic E-state index is 0.0304. The van der Waals surface area contributed by atoms with Gasteiger partial charge in [-0.2, -0.15) is 5.26 Å². The Morgan fingerprint density at radius 3 is 2.48 bits per heavy atom. The van der Waals surface area contributed by atoms with Crippen LogP contribution in [0.2, 0.25) is 5.02 Å². The molecule has 0 radical (unpaired) electrons. The van der Waals surface area contributed by atoms with E-state index in [1.165, 1.54) is 24.3 Å². The summed E-state index contributed by atoms with van der Waals surface area (Å²) >= 11 is 5.81. The van der Waals surface area contributed by atoms with E-state index < -0.39 is 9.84 Å². The zero-order valence-electron chi connectivity index (χ0n) is 11.0. The number of hydrogen-bond acceptors (Lipinski definition) is 4. The fraction of sp³-hybridized carbons (Fsp3) is 0.133. The lowest BCUT2D eigenvalue weighted by Crippen LogP contribution is -2.14. The van der Waals surface area contributed by atoms with Gasteiger partial charge in [-0.1, -0.05) is 17.7 Å².